The van der Waals surface area contributed by atoms with Gasteiger partial charge in [-0.3, -0.25) is 4.79 Å². The quantitative estimate of drug-likeness (QED) is 0.367. The topological polar surface area (TPSA) is 67.1 Å². The highest BCUT2D eigenvalue weighted by molar-refractivity contribution is 6.30. The number of methoxy groups -OCH3 is 4. The van der Waals surface area contributed by atoms with E-state index in [1.165, 1.54) is 14.2 Å². The van der Waals surface area contributed by atoms with E-state index >= 15 is 0 Å². The Hall–Kier alpha value is -3.64. The summed E-state index contributed by atoms with van der Waals surface area (Å²) in [6.45, 7) is 0. The average molecular weight is 453 g/mol. The normalized spacial score (nSPS) is 10.8. The van der Waals surface area contributed by atoms with Crippen LogP contribution in [0, 0.1) is 0 Å². The molecule has 6 nitrogen and oxygen atoms in total. The first kappa shape index (κ1) is 21.6. The van der Waals surface area contributed by atoms with Crippen LogP contribution in [0.4, 0.5) is 0 Å². The minimum absolute atomic E-state index is 0.0770. The molecular weight excluding hydrogens is 432 g/mol. The second-order valence-electron chi connectivity index (χ2n) is 6.89. The van der Waals surface area contributed by atoms with E-state index in [1.807, 2.05) is 12.1 Å². The van der Waals surface area contributed by atoms with Gasteiger partial charge in [0.15, 0.2) is 11.3 Å². The molecule has 4 aromatic rings. The van der Waals surface area contributed by atoms with Crippen molar-refractivity contribution < 1.29 is 23.4 Å². The fourth-order valence-corrected chi connectivity index (χ4v) is 3.75. The van der Waals surface area contributed by atoms with Crippen LogP contribution >= 0.6 is 11.6 Å². The molecule has 0 atom stereocenters. The third kappa shape index (κ3) is 3.63. The molecule has 0 amide bonds. The van der Waals surface area contributed by atoms with E-state index in [1.54, 1.807) is 56.7 Å². The molecule has 164 valence electrons. The number of ether oxygens (including phenoxy) is 4. The predicted octanol–water partition coefficient (Wildman–Crippen LogP) is 5.81. The SMILES string of the molecule is COc1ccc(-c2oc3c(-c4ccc(Cl)cc4)c(OC)cc(OC)c3c(=O)c2OC)cc1. The zero-order valence-electron chi connectivity index (χ0n) is 18.0. The maximum Gasteiger partial charge on any atom is 0.239 e. The molecule has 0 saturated heterocycles. The molecule has 0 bridgehead atoms. The third-order valence-electron chi connectivity index (χ3n) is 5.18. The molecule has 7 heteroatoms. The molecule has 0 saturated carbocycles. The van der Waals surface area contributed by atoms with Gasteiger partial charge in [0.2, 0.25) is 11.2 Å². The monoisotopic (exact) mass is 452 g/mol. The van der Waals surface area contributed by atoms with Gasteiger partial charge in [0.25, 0.3) is 0 Å². The van der Waals surface area contributed by atoms with E-state index in [-0.39, 0.29) is 22.3 Å². The highest BCUT2D eigenvalue weighted by Crippen LogP contribution is 2.44. The van der Waals surface area contributed by atoms with Crippen molar-refractivity contribution in [3.05, 3.63) is 69.8 Å². The van der Waals surface area contributed by atoms with Crippen molar-refractivity contribution in [2.24, 2.45) is 0 Å². The highest BCUT2D eigenvalue weighted by atomic mass is 35.5. The van der Waals surface area contributed by atoms with Crippen molar-refractivity contribution in [1.29, 1.82) is 0 Å². The number of halogens is 1. The summed E-state index contributed by atoms with van der Waals surface area (Å²) in [5.41, 5.74) is 2.00. The summed E-state index contributed by atoms with van der Waals surface area (Å²) in [5.74, 6) is 1.86. The van der Waals surface area contributed by atoms with E-state index in [0.29, 0.717) is 39.0 Å². The van der Waals surface area contributed by atoms with Crippen LogP contribution < -0.4 is 24.4 Å². The van der Waals surface area contributed by atoms with Crippen molar-refractivity contribution in [1.82, 2.24) is 0 Å². The van der Waals surface area contributed by atoms with Gasteiger partial charge in [0.05, 0.1) is 34.0 Å². The van der Waals surface area contributed by atoms with Gasteiger partial charge in [-0.1, -0.05) is 23.7 Å². The Kier molecular flexibility index (Phi) is 5.97. The number of rotatable bonds is 6. The molecule has 0 spiro atoms. The minimum atomic E-state index is -0.353. The van der Waals surface area contributed by atoms with Crippen LogP contribution in [0.25, 0.3) is 33.4 Å². The fourth-order valence-electron chi connectivity index (χ4n) is 3.62. The average Bonchev–Trinajstić information content (AvgIpc) is 2.83. The fraction of sp³-hybridized carbons (Fsp3) is 0.160. The molecule has 0 aliphatic carbocycles. The maximum absolute atomic E-state index is 13.5. The standard InChI is InChI=1S/C25H21ClO6/c1-28-17-11-7-15(8-12-17)23-25(31-4)22(27)21-19(30-3)13-18(29-2)20(24(21)32-23)14-5-9-16(26)10-6-14/h5-13H,1-4H3. The summed E-state index contributed by atoms with van der Waals surface area (Å²) in [4.78, 5) is 13.5. The number of hydrogen-bond acceptors (Lipinski definition) is 6. The molecule has 0 fully saturated rings. The smallest absolute Gasteiger partial charge is 0.239 e. The first-order chi connectivity index (χ1) is 15.5. The zero-order chi connectivity index (χ0) is 22.8. The summed E-state index contributed by atoms with van der Waals surface area (Å²) in [7, 11) is 6.05. The van der Waals surface area contributed by atoms with Gasteiger partial charge in [-0.05, 0) is 42.0 Å². The van der Waals surface area contributed by atoms with E-state index in [0.717, 1.165) is 5.56 Å². The Bertz CT molecular complexity index is 1320. The van der Waals surface area contributed by atoms with E-state index in [9.17, 15) is 4.79 Å². The molecule has 1 heterocycles. The van der Waals surface area contributed by atoms with Crippen molar-refractivity contribution >= 4 is 22.6 Å². The van der Waals surface area contributed by atoms with Gasteiger partial charge in [0, 0.05) is 16.7 Å². The van der Waals surface area contributed by atoms with E-state index < -0.39 is 0 Å². The minimum Gasteiger partial charge on any atom is -0.497 e. The van der Waals surface area contributed by atoms with Crippen molar-refractivity contribution in [2.45, 2.75) is 0 Å². The largest absolute Gasteiger partial charge is 0.497 e. The Morgan fingerprint density at radius 2 is 1.38 bits per heavy atom. The van der Waals surface area contributed by atoms with Crippen LogP contribution in [0.15, 0.2) is 63.8 Å². The lowest BCUT2D eigenvalue weighted by Crippen LogP contribution is -2.10. The summed E-state index contributed by atoms with van der Waals surface area (Å²) >= 11 is 6.08. The number of hydrogen-bond donors (Lipinski definition) is 0. The first-order valence-corrected chi connectivity index (χ1v) is 10.1. The lowest BCUT2D eigenvalue weighted by molar-refractivity contribution is 0.389. The van der Waals surface area contributed by atoms with Crippen molar-refractivity contribution in [2.75, 3.05) is 28.4 Å². The second kappa shape index (κ2) is 8.85. The van der Waals surface area contributed by atoms with Crippen LogP contribution in [0.5, 0.6) is 23.0 Å². The van der Waals surface area contributed by atoms with E-state index in [4.69, 9.17) is 35.0 Å². The highest BCUT2D eigenvalue weighted by Gasteiger charge is 2.25. The molecule has 1 aromatic heterocycles. The molecule has 3 aromatic carbocycles. The van der Waals surface area contributed by atoms with Crippen molar-refractivity contribution in [3.63, 3.8) is 0 Å². The second-order valence-corrected chi connectivity index (χ2v) is 7.33. The van der Waals surface area contributed by atoms with Gasteiger partial charge >= 0.3 is 0 Å². The van der Waals surface area contributed by atoms with Gasteiger partial charge in [-0.25, -0.2) is 0 Å². The molecule has 0 N–H and O–H groups in total. The zero-order valence-corrected chi connectivity index (χ0v) is 18.8. The van der Waals surface area contributed by atoms with Gasteiger partial charge in [-0.2, -0.15) is 0 Å². The lowest BCUT2D eigenvalue weighted by Gasteiger charge is -2.17. The molecule has 4 rings (SSSR count). The molecule has 0 radical (unpaired) electrons. The summed E-state index contributed by atoms with van der Waals surface area (Å²) in [6.07, 6.45) is 0. The lowest BCUT2D eigenvalue weighted by atomic mass is 9.99. The van der Waals surface area contributed by atoms with Crippen LogP contribution in [-0.2, 0) is 0 Å². The van der Waals surface area contributed by atoms with Gasteiger partial charge in [-0.15, -0.1) is 0 Å². The van der Waals surface area contributed by atoms with Gasteiger partial charge in [0.1, 0.15) is 22.6 Å². The first-order valence-electron chi connectivity index (χ1n) is 9.72. The maximum atomic E-state index is 13.5. The van der Waals surface area contributed by atoms with Crippen LogP contribution in [0.2, 0.25) is 5.02 Å². The third-order valence-corrected chi connectivity index (χ3v) is 5.43. The molecule has 0 aliphatic heterocycles. The van der Waals surface area contributed by atoms with E-state index in [2.05, 4.69) is 0 Å². The van der Waals surface area contributed by atoms with Crippen molar-refractivity contribution in [3.8, 4) is 45.4 Å². The summed E-state index contributed by atoms with van der Waals surface area (Å²) in [6, 6.07) is 16.0. The Balaban J connectivity index is 2.14. The Morgan fingerprint density at radius 3 is 1.94 bits per heavy atom. The van der Waals surface area contributed by atoms with Crippen LogP contribution in [0.3, 0.4) is 0 Å². The predicted molar refractivity (Wildman–Crippen MR) is 125 cm³/mol. The molecular formula is C25H21ClO6. The van der Waals surface area contributed by atoms with Crippen LogP contribution in [-0.4, -0.2) is 28.4 Å². The molecule has 0 aliphatic rings. The van der Waals surface area contributed by atoms with Crippen LogP contribution in [0.1, 0.15) is 0 Å². The summed E-state index contributed by atoms with van der Waals surface area (Å²) < 4.78 is 28.2. The Morgan fingerprint density at radius 1 is 0.750 bits per heavy atom. The molecule has 32 heavy (non-hydrogen) atoms. The number of benzene rings is 3. The Labute approximate surface area is 189 Å². The summed E-state index contributed by atoms with van der Waals surface area (Å²) in [5, 5.41) is 0.847. The molecule has 0 unspecified atom stereocenters. The van der Waals surface area contributed by atoms with Gasteiger partial charge < -0.3 is 23.4 Å². The number of fused-ring (bicyclic) bond motifs is 1.